The van der Waals surface area contributed by atoms with Crippen molar-refractivity contribution < 1.29 is 19.1 Å². The molecule has 0 heterocycles. The highest BCUT2D eigenvalue weighted by atomic mass is 35.5. The Morgan fingerprint density at radius 2 is 1.69 bits per heavy atom. The normalized spacial score (nSPS) is 11.6. The molecule has 0 fully saturated rings. The molecule has 2 N–H and O–H groups in total. The molecule has 2 amide bonds. The molecule has 2 rings (SSSR count). The van der Waals surface area contributed by atoms with Crippen LogP contribution < -0.4 is 10.6 Å². The van der Waals surface area contributed by atoms with Gasteiger partial charge < -0.3 is 15.4 Å². The molecule has 0 aliphatic heterocycles. The van der Waals surface area contributed by atoms with Crippen LogP contribution in [0.3, 0.4) is 0 Å². The van der Waals surface area contributed by atoms with E-state index in [0.717, 1.165) is 5.56 Å². The van der Waals surface area contributed by atoms with Crippen molar-refractivity contribution in [3.63, 3.8) is 0 Å². The quantitative estimate of drug-likeness (QED) is 0.614. The van der Waals surface area contributed by atoms with Crippen LogP contribution in [0, 0.1) is 0 Å². The topological polar surface area (TPSA) is 84.5 Å². The van der Waals surface area contributed by atoms with Crippen molar-refractivity contribution >= 4 is 41.0 Å². The van der Waals surface area contributed by atoms with Crippen LogP contribution in [0.5, 0.6) is 0 Å². The predicted molar refractivity (Wildman–Crippen MR) is 112 cm³/mol. The van der Waals surface area contributed by atoms with Crippen LogP contribution in [0.25, 0.3) is 0 Å². The van der Waals surface area contributed by atoms with Crippen molar-refractivity contribution in [3.05, 3.63) is 69.7 Å². The van der Waals surface area contributed by atoms with Crippen molar-refractivity contribution in [3.8, 4) is 0 Å². The third-order valence-corrected chi connectivity index (χ3v) is 4.61. The van der Waals surface area contributed by atoms with Gasteiger partial charge in [0.2, 0.25) is 5.91 Å². The molecule has 0 aliphatic rings. The number of rotatable bonds is 8. The molecule has 0 aromatic heterocycles. The molecule has 0 bridgehead atoms. The van der Waals surface area contributed by atoms with Gasteiger partial charge in [-0.05, 0) is 37.6 Å². The Labute approximate surface area is 179 Å². The first-order valence-corrected chi connectivity index (χ1v) is 9.79. The van der Waals surface area contributed by atoms with Crippen LogP contribution in [-0.2, 0) is 14.3 Å². The number of carbonyl (C=O) groups excluding carboxylic acids is 3. The molecular formula is C21H22Cl2N2O4. The number of amides is 2. The van der Waals surface area contributed by atoms with Gasteiger partial charge in [-0.1, -0.05) is 53.5 Å². The van der Waals surface area contributed by atoms with Gasteiger partial charge in [0.25, 0.3) is 5.91 Å². The molecule has 0 saturated carbocycles. The number of esters is 1. The van der Waals surface area contributed by atoms with Gasteiger partial charge in [0.15, 0.2) is 0 Å². The molecule has 6 nitrogen and oxygen atoms in total. The second-order valence-electron chi connectivity index (χ2n) is 6.59. The smallest absolute Gasteiger partial charge is 0.308 e. The Balaban J connectivity index is 1.98. The fourth-order valence-electron chi connectivity index (χ4n) is 2.56. The fourth-order valence-corrected chi connectivity index (χ4v) is 2.86. The zero-order chi connectivity index (χ0) is 21.4. The highest BCUT2D eigenvalue weighted by Crippen LogP contribution is 2.22. The summed E-state index contributed by atoms with van der Waals surface area (Å²) in [6.07, 6.45) is -0.269. The first kappa shape index (κ1) is 22.7. The van der Waals surface area contributed by atoms with Gasteiger partial charge in [-0.15, -0.1) is 0 Å². The molecule has 0 aliphatic carbocycles. The first-order chi connectivity index (χ1) is 13.8. The molecule has 1 unspecified atom stereocenters. The van der Waals surface area contributed by atoms with E-state index in [1.807, 2.05) is 30.3 Å². The van der Waals surface area contributed by atoms with E-state index in [2.05, 4.69) is 10.6 Å². The SMILES string of the molecule is CC(C)OC(=O)CC(NC(=O)CNC(=O)c1ccc(Cl)c(Cl)c1)c1ccccc1. The summed E-state index contributed by atoms with van der Waals surface area (Å²) in [4.78, 5) is 36.6. The molecule has 1 atom stereocenters. The second-order valence-corrected chi connectivity index (χ2v) is 7.40. The summed E-state index contributed by atoms with van der Waals surface area (Å²) in [7, 11) is 0. The van der Waals surface area contributed by atoms with Crippen LogP contribution >= 0.6 is 23.2 Å². The number of hydrogen-bond acceptors (Lipinski definition) is 4. The third-order valence-electron chi connectivity index (χ3n) is 3.87. The van der Waals surface area contributed by atoms with Crippen LogP contribution in [0.2, 0.25) is 10.0 Å². The average molecular weight is 437 g/mol. The number of nitrogens with one attached hydrogen (secondary N) is 2. The fraction of sp³-hybridized carbons (Fsp3) is 0.286. The number of benzene rings is 2. The van der Waals surface area contributed by atoms with Crippen LogP contribution in [0.1, 0.15) is 42.2 Å². The first-order valence-electron chi connectivity index (χ1n) is 9.03. The Morgan fingerprint density at radius 1 is 1.00 bits per heavy atom. The Kier molecular flexibility index (Phi) is 8.49. The van der Waals surface area contributed by atoms with E-state index in [1.165, 1.54) is 18.2 Å². The van der Waals surface area contributed by atoms with E-state index in [-0.39, 0.29) is 29.7 Å². The third kappa shape index (κ3) is 7.40. The maximum atomic E-state index is 12.4. The van der Waals surface area contributed by atoms with Crippen molar-refractivity contribution in [2.45, 2.75) is 32.4 Å². The van der Waals surface area contributed by atoms with Gasteiger partial charge in [0, 0.05) is 5.56 Å². The Bertz CT molecular complexity index is 872. The van der Waals surface area contributed by atoms with E-state index in [1.54, 1.807) is 13.8 Å². The molecule has 154 valence electrons. The minimum atomic E-state index is -0.572. The molecular weight excluding hydrogens is 415 g/mol. The van der Waals surface area contributed by atoms with Gasteiger partial charge in [0.05, 0.1) is 35.2 Å². The number of carbonyl (C=O) groups is 3. The summed E-state index contributed by atoms with van der Waals surface area (Å²) in [5.74, 6) is -1.33. The minimum absolute atomic E-state index is 0.0192. The Hall–Kier alpha value is -2.57. The summed E-state index contributed by atoms with van der Waals surface area (Å²) in [5, 5.41) is 5.86. The van der Waals surface area contributed by atoms with E-state index >= 15 is 0 Å². The standard InChI is InChI=1S/C21H22Cl2N2O4/c1-13(2)29-20(27)11-18(14-6-4-3-5-7-14)25-19(26)12-24-21(28)15-8-9-16(22)17(23)10-15/h3-10,13,18H,11-12H2,1-2H3,(H,24,28)(H,25,26). The minimum Gasteiger partial charge on any atom is -0.463 e. The zero-order valence-electron chi connectivity index (χ0n) is 16.1. The molecule has 8 heteroatoms. The monoisotopic (exact) mass is 436 g/mol. The summed E-state index contributed by atoms with van der Waals surface area (Å²) in [6, 6.07) is 12.9. The van der Waals surface area contributed by atoms with Gasteiger partial charge in [-0.25, -0.2) is 0 Å². The summed E-state index contributed by atoms with van der Waals surface area (Å²) in [6.45, 7) is 3.25. The van der Waals surface area contributed by atoms with E-state index in [0.29, 0.717) is 5.02 Å². The molecule has 0 spiro atoms. The average Bonchev–Trinajstić information content (AvgIpc) is 2.67. The van der Waals surface area contributed by atoms with Crippen LogP contribution in [0.15, 0.2) is 48.5 Å². The van der Waals surface area contributed by atoms with Gasteiger partial charge in [-0.3, -0.25) is 14.4 Å². The lowest BCUT2D eigenvalue weighted by molar-refractivity contribution is -0.148. The van der Waals surface area contributed by atoms with Crippen molar-refractivity contribution in [2.75, 3.05) is 6.54 Å². The largest absolute Gasteiger partial charge is 0.463 e. The summed E-state index contributed by atoms with van der Waals surface area (Å²) >= 11 is 11.7. The van der Waals surface area contributed by atoms with E-state index in [9.17, 15) is 14.4 Å². The highest BCUT2D eigenvalue weighted by Gasteiger charge is 2.20. The molecule has 29 heavy (non-hydrogen) atoms. The predicted octanol–water partition coefficient (Wildman–Crippen LogP) is 3.92. The maximum absolute atomic E-state index is 12.4. The molecule has 0 saturated heterocycles. The maximum Gasteiger partial charge on any atom is 0.308 e. The summed E-state index contributed by atoms with van der Waals surface area (Å²) in [5.41, 5.74) is 1.05. The lowest BCUT2D eigenvalue weighted by atomic mass is 10.0. The van der Waals surface area contributed by atoms with Crippen molar-refractivity contribution in [2.24, 2.45) is 0 Å². The highest BCUT2D eigenvalue weighted by molar-refractivity contribution is 6.42. The van der Waals surface area contributed by atoms with Crippen molar-refractivity contribution in [1.29, 1.82) is 0 Å². The van der Waals surface area contributed by atoms with Crippen LogP contribution in [-0.4, -0.2) is 30.4 Å². The summed E-state index contributed by atoms with van der Waals surface area (Å²) < 4.78 is 5.18. The zero-order valence-corrected chi connectivity index (χ0v) is 17.6. The second kappa shape index (κ2) is 10.8. The molecule has 2 aromatic rings. The number of hydrogen-bond donors (Lipinski definition) is 2. The van der Waals surface area contributed by atoms with E-state index in [4.69, 9.17) is 27.9 Å². The number of ether oxygens (including phenoxy) is 1. The van der Waals surface area contributed by atoms with Gasteiger partial charge >= 0.3 is 5.97 Å². The molecule has 0 radical (unpaired) electrons. The number of halogens is 2. The van der Waals surface area contributed by atoms with Gasteiger partial charge in [0.1, 0.15) is 0 Å². The van der Waals surface area contributed by atoms with E-state index < -0.39 is 23.8 Å². The van der Waals surface area contributed by atoms with Crippen molar-refractivity contribution in [1.82, 2.24) is 10.6 Å². The lowest BCUT2D eigenvalue weighted by Gasteiger charge is -2.19. The lowest BCUT2D eigenvalue weighted by Crippen LogP contribution is -2.39. The van der Waals surface area contributed by atoms with Crippen LogP contribution in [0.4, 0.5) is 0 Å². The van der Waals surface area contributed by atoms with Gasteiger partial charge in [-0.2, -0.15) is 0 Å². The Morgan fingerprint density at radius 3 is 2.31 bits per heavy atom. The molecule has 2 aromatic carbocycles.